The van der Waals surface area contributed by atoms with Gasteiger partial charge in [0.15, 0.2) is 0 Å². The van der Waals surface area contributed by atoms with Gasteiger partial charge >= 0.3 is 0 Å². The van der Waals surface area contributed by atoms with Gasteiger partial charge in [-0.05, 0) is 66.9 Å². The third-order valence-corrected chi connectivity index (χ3v) is 6.62. The molecule has 1 fully saturated rings. The molecule has 35 heavy (non-hydrogen) atoms. The zero-order valence-electron chi connectivity index (χ0n) is 19.6. The topological polar surface area (TPSA) is 76.1 Å². The van der Waals surface area contributed by atoms with Crippen LogP contribution in [0.25, 0.3) is 5.76 Å². The summed E-state index contributed by atoms with van der Waals surface area (Å²) in [5.41, 5.74) is 2.67. The first-order valence-electron chi connectivity index (χ1n) is 10.7. The van der Waals surface area contributed by atoms with Crippen LogP contribution in [0.2, 0.25) is 10.0 Å². The third kappa shape index (κ3) is 4.35. The van der Waals surface area contributed by atoms with Crippen molar-refractivity contribution in [2.75, 3.05) is 19.1 Å². The molecular formula is C27H23Cl2NO5. The monoisotopic (exact) mass is 511 g/mol. The van der Waals surface area contributed by atoms with Crippen LogP contribution in [0.3, 0.4) is 0 Å². The molecule has 0 spiro atoms. The predicted molar refractivity (Wildman–Crippen MR) is 137 cm³/mol. The van der Waals surface area contributed by atoms with Gasteiger partial charge in [0, 0.05) is 10.7 Å². The number of benzene rings is 3. The van der Waals surface area contributed by atoms with Gasteiger partial charge in [-0.3, -0.25) is 14.5 Å². The molecule has 0 aromatic heterocycles. The van der Waals surface area contributed by atoms with E-state index in [1.54, 1.807) is 61.5 Å². The molecule has 1 amide bonds. The van der Waals surface area contributed by atoms with Crippen LogP contribution in [0, 0.1) is 13.8 Å². The lowest BCUT2D eigenvalue weighted by molar-refractivity contribution is -0.132. The largest absolute Gasteiger partial charge is 0.507 e. The number of halogens is 2. The fourth-order valence-electron chi connectivity index (χ4n) is 4.21. The number of ether oxygens (including phenoxy) is 2. The van der Waals surface area contributed by atoms with Crippen molar-refractivity contribution in [3.05, 3.63) is 92.5 Å². The maximum atomic E-state index is 13.4. The number of nitrogens with zero attached hydrogens (tertiary/aromatic N) is 1. The highest BCUT2D eigenvalue weighted by molar-refractivity contribution is 6.52. The number of aryl methyl sites for hydroxylation is 2. The van der Waals surface area contributed by atoms with E-state index in [1.807, 2.05) is 6.92 Å². The number of amides is 1. The van der Waals surface area contributed by atoms with E-state index in [9.17, 15) is 14.7 Å². The van der Waals surface area contributed by atoms with Crippen LogP contribution in [-0.2, 0) is 9.59 Å². The number of hydrogen-bond acceptors (Lipinski definition) is 5. The number of methoxy groups -OCH3 is 2. The molecule has 1 atom stereocenters. The molecule has 1 aliphatic heterocycles. The summed E-state index contributed by atoms with van der Waals surface area (Å²) in [6, 6.07) is 14.5. The summed E-state index contributed by atoms with van der Waals surface area (Å²) in [7, 11) is 2.94. The van der Waals surface area contributed by atoms with E-state index in [0.717, 1.165) is 11.1 Å². The minimum absolute atomic E-state index is 0.0973. The van der Waals surface area contributed by atoms with Gasteiger partial charge in [-0.15, -0.1) is 0 Å². The Kier molecular flexibility index (Phi) is 6.79. The third-order valence-electron chi connectivity index (χ3n) is 5.93. The van der Waals surface area contributed by atoms with E-state index in [1.165, 1.54) is 19.1 Å². The zero-order chi connectivity index (χ0) is 25.4. The number of ketones is 1. The summed E-state index contributed by atoms with van der Waals surface area (Å²) in [5, 5.41) is 12.2. The summed E-state index contributed by atoms with van der Waals surface area (Å²) in [6.07, 6.45) is 0. The Morgan fingerprint density at radius 1 is 0.943 bits per heavy atom. The average molecular weight is 512 g/mol. The Labute approximate surface area is 213 Å². The minimum Gasteiger partial charge on any atom is -0.507 e. The lowest BCUT2D eigenvalue weighted by Crippen LogP contribution is -2.29. The minimum atomic E-state index is -0.951. The molecule has 4 rings (SSSR count). The normalized spacial score (nSPS) is 17.1. The van der Waals surface area contributed by atoms with E-state index < -0.39 is 17.7 Å². The number of rotatable bonds is 5. The van der Waals surface area contributed by atoms with Crippen LogP contribution in [0.4, 0.5) is 5.69 Å². The van der Waals surface area contributed by atoms with Crippen molar-refractivity contribution in [1.29, 1.82) is 0 Å². The number of carbonyl (C=O) groups excluding carboxylic acids is 2. The van der Waals surface area contributed by atoms with E-state index in [0.29, 0.717) is 22.0 Å². The SMILES string of the molecule is COc1cccc(C2/C(=C(\O)c3cc(C)cc(Cl)c3OC)C(=O)C(=O)N2c2ccc(C)c(Cl)c2)c1. The highest BCUT2D eigenvalue weighted by atomic mass is 35.5. The van der Waals surface area contributed by atoms with Crippen molar-refractivity contribution in [1.82, 2.24) is 0 Å². The summed E-state index contributed by atoms with van der Waals surface area (Å²) < 4.78 is 10.8. The van der Waals surface area contributed by atoms with Crippen molar-refractivity contribution in [2.45, 2.75) is 19.9 Å². The first-order valence-corrected chi connectivity index (χ1v) is 11.5. The zero-order valence-corrected chi connectivity index (χ0v) is 21.1. The Bertz CT molecular complexity index is 1380. The first-order chi connectivity index (χ1) is 16.7. The molecule has 1 aliphatic rings. The Morgan fingerprint density at radius 2 is 1.69 bits per heavy atom. The van der Waals surface area contributed by atoms with Gasteiger partial charge in [0.2, 0.25) is 0 Å². The van der Waals surface area contributed by atoms with Gasteiger partial charge in [-0.1, -0.05) is 41.4 Å². The smallest absolute Gasteiger partial charge is 0.300 e. The molecule has 3 aromatic rings. The summed E-state index contributed by atoms with van der Waals surface area (Å²) in [4.78, 5) is 28.1. The van der Waals surface area contributed by atoms with E-state index in [4.69, 9.17) is 32.7 Å². The van der Waals surface area contributed by atoms with Crippen LogP contribution in [0.5, 0.6) is 11.5 Å². The van der Waals surface area contributed by atoms with Crippen LogP contribution in [0.1, 0.15) is 28.3 Å². The number of aliphatic hydroxyl groups is 1. The molecule has 0 radical (unpaired) electrons. The molecule has 1 saturated heterocycles. The highest BCUT2D eigenvalue weighted by Crippen LogP contribution is 2.45. The lowest BCUT2D eigenvalue weighted by atomic mass is 9.94. The fourth-order valence-corrected chi connectivity index (χ4v) is 4.74. The van der Waals surface area contributed by atoms with Crippen LogP contribution >= 0.6 is 23.2 Å². The Hall–Kier alpha value is -3.48. The van der Waals surface area contributed by atoms with Crippen LogP contribution in [-0.4, -0.2) is 31.0 Å². The van der Waals surface area contributed by atoms with E-state index >= 15 is 0 Å². The molecule has 0 saturated carbocycles. The maximum absolute atomic E-state index is 13.4. The van der Waals surface area contributed by atoms with E-state index in [2.05, 4.69) is 0 Å². The fraction of sp³-hybridized carbons (Fsp3) is 0.185. The lowest BCUT2D eigenvalue weighted by Gasteiger charge is -2.26. The van der Waals surface area contributed by atoms with Gasteiger partial charge in [-0.25, -0.2) is 0 Å². The molecule has 3 aromatic carbocycles. The van der Waals surface area contributed by atoms with Gasteiger partial charge in [-0.2, -0.15) is 0 Å². The summed E-state index contributed by atoms with van der Waals surface area (Å²) in [6.45, 7) is 3.64. The molecule has 0 aliphatic carbocycles. The van der Waals surface area contributed by atoms with Gasteiger partial charge < -0.3 is 14.6 Å². The molecule has 8 heteroatoms. The molecule has 1 N–H and O–H groups in total. The van der Waals surface area contributed by atoms with Crippen molar-refractivity contribution in [3.63, 3.8) is 0 Å². The number of aliphatic hydroxyl groups excluding tert-OH is 1. The molecular weight excluding hydrogens is 489 g/mol. The van der Waals surface area contributed by atoms with Crippen LogP contribution < -0.4 is 14.4 Å². The maximum Gasteiger partial charge on any atom is 0.300 e. The average Bonchev–Trinajstić information content (AvgIpc) is 3.10. The number of carbonyl (C=O) groups is 2. The van der Waals surface area contributed by atoms with E-state index in [-0.39, 0.29) is 27.7 Å². The Morgan fingerprint density at radius 3 is 2.34 bits per heavy atom. The summed E-state index contributed by atoms with van der Waals surface area (Å²) in [5.74, 6) is -1.29. The molecule has 0 bridgehead atoms. The van der Waals surface area contributed by atoms with Crippen molar-refractivity contribution in [2.24, 2.45) is 0 Å². The quantitative estimate of drug-likeness (QED) is 0.248. The predicted octanol–water partition coefficient (Wildman–Crippen LogP) is 6.25. The highest BCUT2D eigenvalue weighted by Gasteiger charge is 2.47. The first kappa shape index (κ1) is 24.6. The number of anilines is 1. The van der Waals surface area contributed by atoms with Gasteiger partial charge in [0.05, 0.1) is 36.4 Å². The van der Waals surface area contributed by atoms with Crippen molar-refractivity contribution in [3.8, 4) is 11.5 Å². The molecule has 1 unspecified atom stereocenters. The Balaban J connectivity index is 2.03. The van der Waals surface area contributed by atoms with Gasteiger partial charge in [0.25, 0.3) is 11.7 Å². The number of Topliss-reactive ketones (excluding diaryl/α,β-unsaturated/α-hetero) is 1. The second-order valence-corrected chi connectivity index (χ2v) is 9.02. The van der Waals surface area contributed by atoms with Crippen LogP contribution in [0.15, 0.2) is 60.2 Å². The number of hydrogen-bond donors (Lipinski definition) is 1. The molecule has 6 nitrogen and oxygen atoms in total. The second-order valence-electron chi connectivity index (χ2n) is 8.21. The van der Waals surface area contributed by atoms with Crippen molar-refractivity contribution < 1.29 is 24.2 Å². The standard InChI is InChI=1S/C27H23Cl2NO5/c1-14-10-19(26(35-4)21(29)11-14)24(31)22-23(16-6-5-7-18(12-16)34-3)30(27(33)25(22)32)17-9-8-15(2)20(28)13-17/h5-13,23,31H,1-4H3/b24-22+. The summed E-state index contributed by atoms with van der Waals surface area (Å²) >= 11 is 12.7. The molecule has 1 heterocycles. The molecule has 180 valence electrons. The van der Waals surface area contributed by atoms with Gasteiger partial charge in [0.1, 0.15) is 17.3 Å². The van der Waals surface area contributed by atoms with Crippen molar-refractivity contribution >= 4 is 46.3 Å². The second kappa shape index (κ2) is 9.64.